The van der Waals surface area contributed by atoms with Crippen LogP contribution in [-0.2, 0) is 17.2 Å². The van der Waals surface area contributed by atoms with Crippen LogP contribution in [0.25, 0.3) is 11.1 Å². The van der Waals surface area contributed by atoms with Gasteiger partial charge in [-0.15, -0.1) is 11.3 Å². The number of thiophene rings is 1. The molecule has 3 rings (SSSR count). The third kappa shape index (κ3) is 2.69. The number of fused-ring (bicyclic) bond motifs is 1. The summed E-state index contributed by atoms with van der Waals surface area (Å²) in [4.78, 5) is 5.45. The van der Waals surface area contributed by atoms with Crippen LogP contribution < -0.4 is 5.73 Å². The Bertz CT molecular complexity index is 719. The van der Waals surface area contributed by atoms with Gasteiger partial charge in [-0.25, -0.2) is 9.19 Å². The second kappa shape index (κ2) is 5.14. The Morgan fingerprint density at radius 3 is 3.05 bits per heavy atom. The van der Waals surface area contributed by atoms with Crippen LogP contribution in [0, 0.1) is 0 Å². The Kier molecular flexibility index (Phi) is 3.35. The van der Waals surface area contributed by atoms with Gasteiger partial charge < -0.3 is 10.2 Å². The molecule has 19 heavy (non-hydrogen) atoms. The maximum absolute atomic E-state index is 12.1. The monoisotopic (exact) mass is 292 g/mol. The quantitative estimate of drug-likeness (QED) is 0.751. The van der Waals surface area contributed by atoms with E-state index in [4.69, 9.17) is 10.2 Å². The lowest BCUT2D eigenvalue weighted by molar-refractivity contribution is 0.478. The van der Waals surface area contributed by atoms with Crippen molar-refractivity contribution in [3.63, 3.8) is 0 Å². The molecule has 6 heteroatoms. The highest BCUT2D eigenvalue weighted by atomic mass is 32.2. The van der Waals surface area contributed by atoms with E-state index in [1.165, 1.54) is 4.88 Å². The molecule has 0 aliphatic rings. The van der Waals surface area contributed by atoms with Crippen molar-refractivity contribution < 1.29 is 8.63 Å². The van der Waals surface area contributed by atoms with Crippen LogP contribution in [0.3, 0.4) is 0 Å². The summed E-state index contributed by atoms with van der Waals surface area (Å²) < 4.78 is 17.6. The number of nitrogens with two attached hydrogens (primary N) is 1. The van der Waals surface area contributed by atoms with Gasteiger partial charge >= 0.3 is 0 Å². The maximum atomic E-state index is 12.1. The van der Waals surface area contributed by atoms with Crippen molar-refractivity contribution in [1.82, 2.24) is 4.98 Å². The molecule has 0 saturated heterocycles. The first-order chi connectivity index (χ1) is 9.22. The fourth-order valence-corrected chi connectivity index (χ4v) is 3.55. The molecule has 1 aromatic carbocycles. The lowest BCUT2D eigenvalue weighted by Gasteiger charge is -1.95. The van der Waals surface area contributed by atoms with Gasteiger partial charge in [0.15, 0.2) is 5.58 Å². The van der Waals surface area contributed by atoms with Gasteiger partial charge in [-0.1, -0.05) is 6.07 Å². The fraction of sp³-hybridized carbons (Fsp3) is 0.154. The van der Waals surface area contributed by atoms with Crippen molar-refractivity contribution in [3.05, 3.63) is 40.6 Å². The average Bonchev–Trinajstić information content (AvgIpc) is 3.04. The first-order valence-electron chi connectivity index (χ1n) is 5.79. The summed E-state index contributed by atoms with van der Waals surface area (Å²) >= 11 is 1.67. The van der Waals surface area contributed by atoms with Crippen LogP contribution in [0.1, 0.15) is 4.88 Å². The van der Waals surface area contributed by atoms with Gasteiger partial charge in [-0.3, -0.25) is 0 Å². The zero-order valence-corrected chi connectivity index (χ0v) is 11.7. The zero-order valence-electron chi connectivity index (χ0n) is 10.0. The summed E-state index contributed by atoms with van der Waals surface area (Å²) in [5.41, 5.74) is 7.55. The summed E-state index contributed by atoms with van der Waals surface area (Å²) in [5, 5.41) is 2.29. The lowest BCUT2D eigenvalue weighted by atomic mass is 10.3. The highest BCUT2D eigenvalue weighted by Crippen LogP contribution is 2.21. The van der Waals surface area contributed by atoms with E-state index in [2.05, 4.69) is 4.98 Å². The molecule has 4 nitrogen and oxygen atoms in total. The molecule has 3 aromatic rings. The Labute approximate surface area is 116 Å². The topological polar surface area (TPSA) is 69.1 Å². The standard InChI is InChI=1S/C13H12N2O2S2/c14-9-3-4-11-12(8-9)17-13(15-11)19(16)7-5-10-2-1-6-18-10/h1-4,6,8H,5,7,14H2. The van der Waals surface area contributed by atoms with E-state index in [9.17, 15) is 4.21 Å². The van der Waals surface area contributed by atoms with Crippen molar-refractivity contribution >= 4 is 38.9 Å². The molecule has 98 valence electrons. The van der Waals surface area contributed by atoms with Gasteiger partial charge in [0.1, 0.15) is 16.3 Å². The van der Waals surface area contributed by atoms with Crippen molar-refractivity contribution in [1.29, 1.82) is 0 Å². The van der Waals surface area contributed by atoms with E-state index in [1.54, 1.807) is 29.5 Å². The van der Waals surface area contributed by atoms with Gasteiger partial charge in [-0.2, -0.15) is 0 Å². The third-order valence-corrected chi connectivity index (χ3v) is 4.78. The third-order valence-electron chi connectivity index (χ3n) is 2.70. The molecule has 2 heterocycles. The van der Waals surface area contributed by atoms with Crippen LogP contribution >= 0.6 is 11.3 Å². The predicted octanol–water partition coefficient (Wildman–Crippen LogP) is 2.82. The molecule has 0 radical (unpaired) electrons. The molecule has 0 aliphatic carbocycles. The fourth-order valence-electron chi connectivity index (χ4n) is 1.75. The molecule has 1 unspecified atom stereocenters. The minimum absolute atomic E-state index is 0.275. The number of benzene rings is 1. The number of oxazole rings is 1. The summed E-state index contributed by atoms with van der Waals surface area (Å²) in [7, 11) is -1.22. The SMILES string of the molecule is Nc1ccc2nc(S(=O)CCc3cccs3)oc2c1. The van der Waals surface area contributed by atoms with E-state index in [0.29, 0.717) is 22.5 Å². The lowest BCUT2D eigenvalue weighted by Crippen LogP contribution is -2.00. The highest BCUT2D eigenvalue weighted by Gasteiger charge is 2.13. The van der Waals surface area contributed by atoms with Crippen molar-refractivity contribution in [2.45, 2.75) is 11.6 Å². The van der Waals surface area contributed by atoms with Crippen molar-refractivity contribution in [2.24, 2.45) is 0 Å². The van der Waals surface area contributed by atoms with Crippen LogP contribution in [0.4, 0.5) is 5.69 Å². The van der Waals surface area contributed by atoms with Crippen LogP contribution in [0.2, 0.25) is 0 Å². The summed E-state index contributed by atoms with van der Waals surface area (Å²) in [6, 6.07) is 9.25. The highest BCUT2D eigenvalue weighted by molar-refractivity contribution is 7.84. The Hall–Kier alpha value is -1.66. The molecule has 0 spiro atoms. The molecule has 0 aliphatic heterocycles. The predicted molar refractivity (Wildman–Crippen MR) is 77.7 cm³/mol. The second-order valence-corrected chi connectivity index (χ2v) is 6.57. The Balaban J connectivity index is 1.77. The van der Waals surface area contributed by atoms with Gasteiger partial charge in [0.25, 0.3) is 5.22 Å². The van der Waals surface area contributed by atoms with Crippen molar-refractivity contribution in [2.75, 3.05) is 11.5 Å². The minimum Gasteiger partial charge on any atom is -0.430 e. The number of anilines is 1. The van der Waals surface area contributed by atoms with Gasteiger partial charge in [-0.05, 0) is 30.0 Å². The van der Waals surface area contributed by atoms with Crippen LogP contribution in [0.5, 0.6) is 0 Å². The molecule has 0 amide bonds. The maximum Gasteiger partial charge on any atom is 0.287 e. The first kappa shape index (κ1) is 12.4. The molecule has 2 aromatic heterocycles. The number of hydrogen-bond acceptors (Lipinski definition) is 5. The first-order valence-corrected chi connectivity index (χ1v) is 7.99. The largest absolute Gasteiger partial charge is 0.430 e. The van der Waals surface area contributed by atoms with E-state index in [1.807, 2.05) is 17.5 Å². The second-order valence-electron chi connectivity index (χ2n) is 4.09. The van der Waals surface area contributed by atoms with E-state index in [-0.39, 0.29) is 5.22 Å². The van der Waals surface area contributed by atoms with Crippen LogP contribution in [0.15, 0.2) is 45.4 Å². The van der Waals surface area contributed by atoms with E-state index in [0.717, 1.165) is 6.42 Å². The molecular weight excluding hydrogens is 280 g/mol. The molecule has 0 bridgehead atoms. The molecular formula is C13H12N2O2S2. The van der Waals surface area contributed by atoms with Gasteiger partial charge in [0.05, 0.1) is 0 Å². The summed E-state index contributed by atoms with van der Waals surface area (Å²) in [6.45, 7) is 0. The van der Waals surface area contributed by atoms with Gasteiger partial charge in [0.2, 0.25) is 0 Å². The van der Waals surface area contributed by atoms with Gasteiger partial charge in [0, 0.05) is 22.4 Å². The number of rotatable bonds is 4. The summed E-state index contributed by atoms with van der Waals surface area (Å²) in [5.74, 6) is 0.517. The van der Waals surface area contributed by atoms with Crippen molar-refractivity contribution in [3.8, 4) is 0 Å². The average molecular weight is 292 g/mol. The number of hydrogen-bond donors (Lipinski definition) is 1. The smallest absolute Gasteiger partial charge is 0.287 e. The Morgan fingerprint density at radius 2 is 2.26 bits per heavy atom. The number of nitrogen functional groups attached to an aromatic ring is 1. The number of nitrogens with zero attached hydrogens (tertiary/aromatic N) is 1. The van der Waals surface area contributed by atoms with Crippen LogP contribution in [-0.4, -0.2) is 14.9 Å². The van der Waals surface area contributed by atoms with E-state index >= 15 is 0 Å². The molecule has 1 atom stereocenters. The molecule has 2 N–H and O–H groups in total. The Morgan fingerprint density at radius 1 is 1.37 bits per heavy atom. The number of aromatic nitrogens is 1. The normalized spacial score (nSPS) is 12.8. The number of aryl methyl sites for hydroxylation is 1. The molecule has 0 saturated carbocycles. The van der Waals surface area contributed by atoms with E-state index < -0.39 is 10.8 Å². The minimum atomic E-state index is -1.22. The molecule has 0 fully saturated rings. The zero-order chi connectivity index (χ0) is 13.2. The summed E-state index contributed by atoms with van der Waals surface area (Å²) in [6.07, 6.45) is 0.769.